The number of aromatic amines is 1. The molecule has 1 aromatic carbocycles. The van der Waals surface area contributed by atoms with Gasteiger partial charge in [-0.2, -0.15) is 0 Å². The molecule has 0 saturated carbocycles. The molecule has 2 atom stereocenters. The van der Waals surface area contributed by atoms with Crippen molar-refractivity contribution in [3.8, 4) is 0 Å². The zero-order valence-electron chi connectivity index (χ0n) is 19.6. The number of hydrogen-bond donors (Lipinski definition) is 1. The Morgan fingerprint density at radius 3 is 2.97 bits per heavy atom. The predicted molar refractivity (Wildman–Crippen MR) is 133 cm³/mol. The molecule has 1 fully saturated rings. The lowest BCUT2D eigenvalue weighted by Gasteiger charge is -2.30. The Bertz CT molecular complexity index is 1290. The van der Waals surface area contributed by atoms with Crippen LogP contribution in [0, 0.1) is 6.92 Å². The molecule has 0 spiro atoms. The third kappa shape index (κ3) is 4.82. The van der Waals surface area contributed by atoms with Crippen molar-refractivity contribution in [2.45, 2.75) is 64.9 Å². The van der Waals surface area contributed by atoms with E-state index < -0.39 is 0 Å². The van der Waals surface area contributed by atoms with Crippen molar-refractivity contribution in [1.82, 2.24) is 30.1 Å². The molecule has 0 radical (unpaired) electrons. The highest BCUT2D eigenvalue weighted by Gasteiger charge is 2.28. The van der Waals surface area contributed by atoms with Gasteiger partial charge >= 0.3 is 0 Å². The number of nitrogens with one attached hydrogen (secondary N) is 1. The van der Waals surface area contributed by atoms with Gasteiger partial charge in [-0.15, -0.1) is 16.4 Å². The molecule has 1 aliphatic rings. The second-order valence-electron chi connectivity index (χ2n) is 8.93. The molecule has 1 aliphatic heterocycles. The van der Waals surface area contributed by atoms with Crippen molar-refractivity contribution >= 4 is 22.2 Å². The van der Waals surface area contributed by atoms with Gasteiger partial charge in [0.05, 0.1) is 24.2 Å². The van der Waals surface area contributed by atoms with Crippen molar-refractivity contribution in [1.29, 1.82) is 0 Å². The minimum absolute atomic E-state index is 0.0360. The highest BCUT2D eigenvalue weighted by molar-refractivity contribution is 7.09. The summed E-state index contributed by atoms with van der Waals surface area (Å²) in [5, 5.41) is 15.8. The maximum Gasteiger partial charge on any atom is 0.252 e. The average Bonchev–Trinajstić information content (AvgIpc) is 3.60. The zero-order chi connectivity index (χ0) is 23.5. The van der Waals surface area contributed by atoms with E-state index in [2.05, 4.69) is 49.8 Å². The highest BCUT2D eigenvalue weighted by Crippen LogP contribution is 2.28. The summed E-state index contributed by atoms with van der Waals surface area (Å²) in [4.78, 5) is 19.7. The number of aryl methyl sites for hydroxylation is 1. The summed E-state index contributed by atoms with van der Waals surface area (Å²) in [6.45, 7) is 6.83. The first-order valence-electron chi connectivity index (χ1n) is 11.9. The molecule has 0 bridgehead atoms. The van der Waals surface area contributed by atoms with Crippen LogP contribution in [0.3, 0.4) is 0 Å². The molecule has 1 N–H and O–H groups in total. The summed E-state index contributed by atoms with van der Waals surface area (Å²) in [5.41, 5.74) is 2.66. The topological polar surface area (TPSA) is 88.9 Å². The number of hydrogen-bond acceptors (Lipinski definition) is 7. The van der Waals surface area contributed by atoms with E-state index >= 15 is 0 Å². The fourth-order valence-electron chi connectivity index (χ4n) is 4.81. The van der Waals surface area contributed by atoms with Crippen LogP contribution in [0.25, 0.3) is 10.9 Å². The number of H-pyrrole nitrogens is 1. The fourth-order valence-corrected chi connectivity index (χ4v) is 5.54. The van der Waals surface area contributed by atoms with E-state index in [1.807, 2.05) is 35.9 Å². The first-order chi connectivity index (χ1) is 16.6. The zero-order valence-corrected chi connectivity index (χ0v) is 20.4. The molecule has 0 aliphatic carbocycles. The maximum absolute atomic E-state index is 13.1. The lowest BCUT2D eigenvalue weighted by Crippen LogP contribution is -2.33. The number of thiophene rings is 1. The van der Waals surface area contributed by atoms with Crippen LogP contribution in [-0.2, 0) is 24.4 Å². The van der Waals surface area contributed by atoms with Crippen molar-refractivity contribution in [3.63, 3.8) is 0 Å². The number of aromatic nitrogens is 5. The Morgan fingerprint density at radius 1 is 1.29 bits per heavy atom. The standard InChI is InChI=1S/C25H30N6O2S/c1-3-22(24-27-28-29-31(24)15-20-9-5-11-33-20)30(16-21-10-6-12-34-21)14-19-13-18-8-4-7-17(2)23(18)26-25(19)32/h4,6-8,10,12-13,20,22H,3,5,9,11,14-16H2,1-2H3,(H,26,32)/t20-,22-/m0/s1. The monoisotopic (exact) mass is 478 g/mol. The Morgan fingerprint density at radius 2 is 2.21 bits per heavy atom. The van der Waals surface area contributed by atoms with Crippen molar-refractivity contribution in [3.05, 3.63) is 74.0 Å². The number of ether oxygens (including phenoxy) is 1. The van der Waals surface area contributed by atoms with Crippen LogP contribution in [0.5, 0.6) is 0 Å². The molecule has 4 aromatic rings. The summed E-state index contributed by atoms with van der Waals surface area (Å²) in [6, 6.07) is 12.3. The van der Waals surface area contributed by atoms with Crippen molar-refractivity contribution < 1.29 is 4.74 Å². The molecular weight excluding hydrogens is 448 g/mol. The highest BCUT2D eigenvalue weighted by atomic mass is 32.1. The van der Waals surface area contributed by atoms with Gasteiger partial charge in [-0.3, -0.25) is 9.69 Å². The number of nitrogens with zero attached hydrogens (tertiary/aromatic N) is 5. The molecular formula is C25H30N6O2S. The fraction of sp³-hybridized carbons (Fsp3) is 0.440. The number of tetrazole rings is 1. The molecule has 5 rings (SSSR count). The van der Waals surface area contributed by atoms with E-state index in [1.165, 1.54) is 4.88 Å². The van der Waals surface area contributed by atoms with Crippen LogP contribution in [0.15, 0.2) is 46.6 Å². The number of para-hydroxylation sites is 1. The molecule has 3 aromatic heterocycles. The third-order valence-corrected chi connectivity index (χ3v) is 7.42. The van der Waals surface area contributed by atoms with E-state index in [1.54, 1.807) is 11.3 Å². The van der Waals surface area contributed by atoms with Crippen LogP contribution in [0.2, 0.25) is 0 Å². The van der Waals surface area contributed by atoms with Crippen molar-refractivity contribution in [2.24, 2.45) is 0 Å². The normalized spacial score (nSPS) is 17.1. The number of rotatable bonds is 9. The Hall–Kier alpha value is -2.88. The lowest BCUT2D eigenvalue weighted by molar-refractivity contribution is 0.0889. The van der Waals surface area contributed by atoms with Gasteiger partial charge in [0.15, 0.2) is 5.82 Å². The number of fused-ring (bicyclic) bond motifs is 1. The predicted octanol–water partition coefficient (Wildman–Crippen LogP) is 4.22. The van der Waals surface area contributed by atoms with Gasteiger partial charge in [0.2, 0.25) is 0 Å². The molecule has 0 amide bonds. The minimum Gasteiger partial charge on any atom is -0.376 e. The van der Waals surface area contributed by atoms with E-state index in [4.69, 9.17) is 4.74 Å². The first kappa shape index (κ1) is 22.9. The molecule has 1 saturated heterocycles. The maximum atomic E-state index is 13.1. The summed E-state index contributed by atoms with van der Waals surface area (Å²) in [5.74, 6) is 0.822. The lowest BCUT2D eigenvalue weighted by atomic mass is 10.1. The average molecular weight is 479 g/mol. The van der Waals surface area contributed by atoms with Gasteiger partial charge in [0.25, 0.3) is 5.56 Å². The summed E-state index contributed by atoms with van der Waals surface area (Å²) >= 11 is 1.72. The van der Waals surface area contributed by atoms with E-state index in [9.17, 15) is 4.79 Å². The first-order valence-corrected chi connectivity index (χ1v) is 12.8. The van der Waals surface area contributed by atoms with Gasteiger partial charge in [-0.1, -0.05) is 31.2 Å². The molecule has 34 heavy (non-hydrogen) atoms. The molecule has 0 unspecified atom stereocenters. The van der Waals surface area contributed by atoms with E-state index in [-0.39, 0.29) is 17.7 Å². The van der Waals surface area contributed by atoms with Gasteiger partial charge in [-0.05, 0) is 65.1 Å². The Kier molecular flexibility index (Phi) is 6.85. The summed E-state index contributed by atoms with van der Waals surface area (Å²) in [6.07, 6.45) is 3.08. The van der Waals surface area contributed by atoms with Gasteiger partial charge in [0, 0.05) is 30.1 Å². The molecule has 8 nitrogen and oxygen atoms in total. The van der Waals surface area contributed by atoms with E-state index in [0.29, 0.717) is 19.6 Å². The van der Waals surface area contributed by atoms with Crippen LogP contribution < -0.4 is 5.56 Å². The number of benzene rings is 1. The SMILES string of the molecule is CC[C@@H](c1nnnn1C[C@@H]1CCCO1)N(Cc1cccs1)Cc1cc2cccc(C)c2[nH]c1=O. The quantitative estimate of drug-likeness (QED) is 0.388. The van der Waals surface area contributed by atoms with Gasteiger partial charge in [0.1, 0.15) is 0 Å². The molecule has 178 valence electrons. The van der Waals surface area contributed by atoms with Gasteiger partial charge in [-0.25, -0.2) is 4.68 Å². The molecule has 9 heteroatoms. The van der Waals surface area contributed by atoms with Crippen LogP contribution in [-0.4, -0.2) is 42.8 Å². The minimum atomic E-state index is -0.0493. The summed E-state index contributed by atoms with van der Waals surface area (Å²) < 4.78 is 7.72. The second kappa shape index (κ2) is 10.2. The number of pyridine rings is 1. The van der Waals surface area contributed by atoms with Gasteiger partial charge < -0.3 is 9.72 Å². The Labute approximate surface area is 202 Å². The largest absolute Gasteiger partial charge is 0.376 e. The second-order valence-corrected chi connectivity index (χ2v) is 9.96. The smallest absolute Gasteiger partial charge is 0.252 e. The van der Waals surface area contributed by atoms with E-state index in [0.717, 1.165) is 53.7 Å². The van der Waals surface area contributed by atoms with Crippen molar-refractivity contribution in [2.75, 3.05) is 6.61 Å². The third-order valence-electron chi connectivity index (χ3n) is 6.56. The van der Waals surface area contributed by atoms with Crippen LogP contribution >= 0.6 is 11.3 Å². The van der Waals surface area contributed by atoms with Crippen LogP contribution in [0.1, 0.15) is 54.1 Å². The molecule has 4 heterocycles. The summed E-state index contributed by atoms with van der Waals surface area (Å²) in [7, 11) is 0. The van der Waals surface area contributed by atoms with Crippen LogP contribution in [0.4, 0.5) is 0 Å². The Balaban J connectivity index is 1.49.